The molecule has 2 atom stereocenters. The van der Waals surface area contributed by atoms with Gasteiger partial charge in [-0.2, -0.15) is 5.26 Å². The minimum absolute atomic E-state index is 0.109. The van der Waals surface area contributed by atoms with Gasteiger partial charge in [0.1, 0.15) is 6.07 Å². The number of piperidine rings is 1. The molecule has 1 aromatic carbocycles. The molecule has 1 saturated carbocycles. The van der Waals surface area contributed by atoms with Crippen LogP contribution in [-0.4, -0.2) is 42.0 Å². The van der Waals surface area contributed by atoms with Crippen molar-refractivity contribution in [1.29, 1.82) is 5.26 Å². The summed E-state index contributed by atoms with van der Waals surface area (Å²) in [6, 6.07) is 10.3. The Morgan fingerprint density at radius 2 is 2.12 bits per heavy atom. The molecule has 2 aliphatic rings. The number of anilines is 1. The first-order valence-corrected chi connectivity index (χ1v) is 9.02. The highest BCUT2D eigenvalue weighted by molar-refractivity contribution is 5.94. The topological polar surface area (TPSA) is 69.4 Å². The lowest BCUT2D eigenvalue weighted by atomic mass is 9.58. The predicted molar refractivity (Wildman–Crippen MR) is 96.4 cm³/mol. The lowest BCUT2D eigenvalue weighted by Gasteiger charge is -2.57. The van der Waals surface area contributed by atoms with Crippen molar-refractivity contribution in [3.63, 3.8) is 0 Å². The van der Waals surface area contributed by atoms with Gasteiger partial charge >= 0.3 is 0 Å². The smallest absolute Gasteiger partial charge is 0.103 e. The van der Waals surface area contributed by atoms with Crippen LogP contribution in [0.15, 0.2) is 30.5 Å². The Kier molecular flexibility index (Phi) is 4.10. The Labute approximate surface area is 147 Å². The average molecular weight is 337 g/mol. The van der Waals surface area contributed by atoms with Crippen molar-refractivity contribution in [3.05, 3.63) is 36.0 Å². The number of hydrogen-bond acceptors (Lipinski definition) is 5. The van der Waals surface area contributed by atoms with Gasteiger partial charge in [0.05, 0.1) is 29.0 Å². The standard InChI is InChI=1S/C20H23N3O2/c1-2-25-18-11-17(24)20(18)7-9-23(10-8-20)19-14(12-21)13-22-16-6-4-3-5-15(16)19/h3-6,13,17-18,24H,2,7-11H2,1H3/t17-,18+/m0/s1. The zero-order chi connectivity index (χ0) is 17.4. The van der Waals surface area contributed by atoms with Crippen molar-refractivity contribution < 1.29 is 9.84 Å². The minimum atomic E-state index is -0.268. The van der Waals surface area contributed by atoms with Crippen molar-refractivity contribution in [3.8, 4) is 6.07 Å². The number of hydrogen-bond donors (Lipinski definition) is 1. The number of rotatable bonds is 3. The van der Waals surface area contributed by atoms with E-state index in [-0.39, 0.29) is 17.6 Å². The molecule has 1 N–H and O–H groups in total. The second-order valence-corrected chi connectivity index (χ2v) is 7.07. The molecular weight excluding hydrogens is 314 g/mol. The Bertz CT molecular complexity index is 819. The first-order valence-electron chi connectivity index (χ1n) is 9.02. The highest BCUT2D eigenvalue weighted by atomic mass is 16.5. The molecule has 0 amide bonds. The van der Waals surface area contributed by atoms with E-state index in [1.807, 2.05) is 31.2 Å². The lowest BCUT2D eigenvalue weighted by Crippen LogP contribution is -2.62. The predicted octanol–water partition coefficient (Wildman–Crippen LogP) is 2.86. The molecule has 4 rings (SSSR count). The van der Waals surface area contributed by atoms with Crippen LogP contribution >= 0.6 is 0 Å². The van der Waals surface area contributed by atoms with E-state index in [4.69, 9.17) is 4.74 Å². The zero-order valence-corrected chi connectivity index (χ0v) is 14.5. The molecule has 2 heterocycles. The number of fused-ring (bicyclic) bond motifs is 1. The molecule has 5 nitrogen and oxygen atoms in total. The first kappa shape index (κ1) is 16.3. The molecule has 0 radical (unpaired) electrons. The van der Waals surface area contributed by atoms with Gasteiger partial charge in [-0.25, -0.2) is 0 Å². The van der Waals surface area contributed by atoms with Gasteiger partial charge in [0, 0.05) is 43.1 Å². The van der Waals surface area contributed by atoms with Crippen LogP contribution in [-0.2, 0) is 4.74 Å². The fourth-order valence-electron chi connectivity index (χ4n) is 4.51. The van der Waals surface area contributed by atoms with Crippen molar-refractivity contribution in [2.45, 2.75) is 38.4 Å². The van der Waals surface area contributed by atoms with E-state index in [0.29, 0.717) is 12.2 Å². The van der Waals surface area contributed by atoms with E-state index in [2.05, 4.69) is 16.0 Å². The summed E-state index contributed by atoms with van der Waals surface area (Å²) in [5.74, 6) is 0. The normalized spacial score (nSPS) is 24.9. The van der Waals surface area contributed by atoms with Crippen LogP contribution in [0.1, 0.15) is 31.7 Å². The second kappa shape index (κ2) is 6.29. The van der Waals surface area contributed by atoms with Crippen LogP contribution in [0, 0.1) is 16.7 Å². The van der Waals surface area contributed by atoms with Crippen molar-refractivity contribution in [1.82, 2.24) is 4.98 Å². The SMILES string of the molecule is CCO[C@@H]1C[C@H](O)C12CCN(c1c(C#N)cnc3ccccc13)CC2. The molecule has 2 aromatic rings. The third-order valence-corrected chi connectivity index (χ3v) is 5.99. The summed E-state index contributed by atoms with van der Waals surface area (Å²) < 4.78 is 5.86. The average Bonchev–Trinajstić information content (AvgIpc) is 2.67. The molecule has 5 heteroatoms. The molecule has 130 valence electrons. The largest absolute Gasteiger partial charge is 0.392 e. The summed E-state index contributed by atoms with van der Waals surface area (Å²) in [7, 11) is 0. The number of aromatic nitrogens is 1. The number of para-hydroxylation sites is 1. The third kappa shape index (κ3) is 2.48. The monoisotopic (exact) mass is 337 g/mol. The van der Waals surface area contributed by atoms with E-state index >= 15 is 0 Å². The second-order valence-electron chi connectivity index (χ2n) is 7.07. The molecule has 1 aliphatic heterocycles. The maximum atomic E-state index is 10.4. The van der Waals surface area contributed by atoms with Gasteiger partial charge in [0.25, 0.3) is 0 Å². The lowest BCUT2D eigenvalue weighted by molar-refractivity contribution is -0.199. The first-order chi connectivity index (χ1) is 12.2. The molecular formula is C20H23N3O2. The van der Waals surface area contributed by atoms with Gasteiger partial charge in [0.2, 0.25) is 0 Å². The Hall–Kier alpha value is -2.16. The van der Waals surface area contributed by atoms with Crippen LogP contribution in [0.25, 0.3) is 10.9 Å². The zero-order valence-electron chi connectivity index (χ0n) is 14.5. The number of nitrogens with zero attached hydrogens (tertiary/aromatic N) is 3. The van der Waals surface area contributed by atoms with E-state index in [1.165, 1.54) is 0 Å². The Balaban J connectivity index is 1.63. The number of nitriles is 1. The summed E-state index contributed by atoms with van der Waals surface area (Å²) in [5, 5.41) is 21.0. The molecule has 0 bridgehead atoms. The van der Waals surface area contributed by atoms with Crippen LogP contribution in [0.3, 0.4) is 0 Å². The number of aliphatic hydroxyl groups is 1. The number of ether oxygens (including phenoxy) is 1. The highest BCUT2D eigenvalue weighted by Gasteiger charge is 2.56. The van der Waals surface area contributed by atoms with Crippen molar-refractivity contribution in [2.24, 2.45) is 5.41 Å². The van der Waals surface area contributed by atoms with Gasteiger partial charge in [-0.15, -0.1) is 0 Å². The quantitative estimate of drug-likeness (QED) is 0.933. The number of pyridine rings is 1. The molecule has 1 spiro atoms. The molecule has 25 heavy (non-hydrogen) atoms. The summed E-state index contributed by atoms with van der Waals surface area (Å²) in [6.45, 7) is 4.35. The maximum absolute atomic E-state index is 10.4. The van der Waals surface area contributed by atoms with E-state index in [9.17, 15) is 10.4 Å². The van der Waals surface area contributed by atoms with Gasteiger partial charge in [0.15, 0.2) is 0 Å². The summed E-state index contributed by atoms with van der Waals surface area (Å²) in [5.41, 5.74) is 2.39. The van der Waals surface area contributed by atoms with Gasteiger partial charge in [-0.1, -0.05) is 18.2 Å². The molecule has 1 aromatic heterocycles. The highest BCUT2D eigenvalue weighted by Crippen LogP contribution is 2.51. The van der Waals surface area contributed by atoms with Gasteiger partial charge in [-0.3, -0.25) is 4.98 Å². The van der Waals surface area contributed by atoms with Crippen LogP contribution in [0.2, 0.25) is 0 Å². The van der Waals surface area contributed by atoms with Crippen molar-refractivity contribution >= 4 is 16.6 Å². The summed E-state index contributed by atoms with van der Waals surface area (Å²) in [6.07, 6.45) is 4.09. The fourth-order valence-corrected chi connectivity index (χ4v) is 4.51. The Morgan fingerprint density at radius 3 is 2.80 bits per heavy atom. The number of aliphatic hydroxyl groups excluding tert-OH is 1. The van der Waals surface area contributed by atoms with Crippen LogP contribution in [0.4, 0.5) is 5.69 Å². The van der Waals surface area contributed by atoms with E-state index in [0.717, 1.165) is 48.9 Å². The molecule has 2 fully saturated rings. The van der Waals surface area contributed by atoms with Crippen LogP contribution < -0.4 is 4.90 Å². The molecule has 0 unspecified atom stereocenters. The van der Waals surface area contributed by atoms with Crippen molar-refractivity contribution in [2.75, 3.05) is 24.6 Å². The van der Waals surface area contributed by atoms with E-state index < -0.39 is 0 Å². The molecule has 1 saturated heterocycles. The minimum Gasteiger partial charge on any atom is -0.392 e. The Morgan fingerprint density at radius 1 is 1.36 bits per heavy atom. The molecule has 1 aliphatic carbocycles. The number of benzene rings is 1. The third-order valence-electron chi connectivity index (χ3n) is 5.99. The fraction of sp³-hybridized carbons (Fsp3) is 0.500. The maximum Gasteiger partial charge on any atom is 0.103 e. The summed E-state index contributed by atoms with van der Waals surface area (Å²) in [4.78, 5) is 6.68. The van der Waals surface area contributed by atoms with Gasteiger partial charge < -0.3 is 14.7 Å². The van der Waals surface area contributed by atoms with Gasteiger partial charge in [-0.05, 0) is 25.8 Å². The van der Waals surface area contributed by atoms with E-state index in [1.54, 1.807) is 6.20 Å². The van der Waals surface area contributed by atoms with Crippen LogP contribution in [0.5, 0.6) is 0 Å². The summed E-state index contributed by atoms with van der Waals surface area (Å²) >= 11 is 0.